The number of rotatable bonds is 4. The molecule has 23 heavy (non-hydrogen) atoms. The molecule has 5 nitrogen and oxygen atoms in total. The van der Waals surface area contributed by atoms with Crippen LogP contribution in [0.4, 0.5) is 0 Å². The number of carbonyl (C=O) groups excluding carboxylic acids is 1. The van der Waals surface area contributed by atoms with Gasteiger partial charge in [0.2, 0.25) is 5.91 Å². The van der Waals surface area contributed by atoms with Gasteiger partial charge in [0, 0.05) is 45.8 Å². The van der Waals surface area contributed by atoms with Crippen LogP contribution in [0, 0.1) is 13.8 Å². The maximum atomic E-state index is 12.0. The number of carbonyl (C=O) groups is 1. The number of hydrogen-bond donors (Lipinski definition) is 1. The second-order valence-corrected chi connectivity index (χ2v) is 6.83. The van der Waals surface area contributed by atoms with E-state index in [1.807, 2.05) is 0 Å². The molecule has 126 valence electrons. The largest absolute Gasteiger partial charge is 0.379 e. The van der Waals surface area contributed by atoms with Gasteiger partial charge in [0.15, 0.2) is 0 Å². The predicted molar refractivity (Wildman–Crippen MR) is 90.1 cm³/mol. The first-order valence-corrected chi connectivity index (χ1v) is 8.43. The third-order valence-corrected chi connectivity index (χ3v) is 5.46. The van der Waals surface area contributed by atoms with Crippen molar-refractivity contribution in [2.45, 2.75) is 32.4 Å². The van der Waals surface area contributed by atoms with Gasteiger partial charge in [-0.2, -0.15) is 0 Å². The van der Waals surface area contributed by atoms with Crippen LogP contribution in [0.1, 0.15) is 23.1 Å². The van der Waals surface area contributed by atoms with E-state index in [1.54, 1.807) is 0 Å². The second-order valence-electron chi connectivity index (χ2n) is 6.83. The molecule has 2 aliphatic rings. The molecule has 0 spiro atoms. The number of ether oxygens (including phenoxy) is 1. The van der Waals surface area contributed by atoms with E-state index in [0.29, 0.717) is 13.2 Å². The van der Waals surface area contributed by atoms with Crippen LogP contribution in [0.15, 0.2) is 18.2 Å². The van der Waals surface area contributed by atoms with Gasteiger partial charge in [-0.3, -0.25) is 14.6 Å². The highest BCUT2D eigenvalue weighted by Gasteiger charge is 2.46. The summed E-state index contributed by atoms with van der Waals surface area (Å²) in [6.45, 7) is 10.1. The van der Waals surface area contributed by atoms with Crippen molar-refractivity contribution in [3.8, 4) is 0 Å². The number of piperazine rings is 1. The Morgan fingerprint density at radius 2 is 1.87 bits per heavy atom. The van der Waals surface area contributed by atoms with Gasteiger partial charge in [-0.15, -0.1) is 0 Å². The van der Waals surface area contributed by atoms with E-state index in [0.717, 1.165) is 39.1 Å². The SMILES string of the molecule is Cc1cccc(C)c1CN1CCN(C2(C(N)=O)CCOC2)CC1. The Morgan fingerprint density at radius 1 is 1.22 bits per heavy atom. The van der Waals surface area contributed by atoms with E-state index < -0.39 is 5.54 Å². The molecule has 2 aliphatic heterocycles. The second kappa shape index (κ2) is 6.59. The van der Waals surface area contributed by atoms with Crippen molar-refractivity contribution in [3.05, 3.63) is 34.9 Å². The molecule has 1 unspecified atom stereocenters. The monoisotopic (exact) mass is 317 g/mol. The highest BCUT2D eigenvalue weighted by Crippen LogP contribution is 2.28. The fourth-order valence-corrected chi connectivity index (χ4v) is 3.81. The molecule has 2 saturated heterocycles. The maximum absolute atomic E-state index is 12.0. The lowest BCUT2D eigenvalue weighted by molar-refractivity contribution is -0.132. The minimum atomic E-state index is -0.579. The summed E-state index contributed by atoms with van der Waals surface area (Å²) in [5.74, 6) is -0.238. The normalized spacial score (nSPS) is 26.5. The molecular weight excluding hydrogens is 290 g/mol. The number of amides is 1. The van der Waals surface area contributed by atoms with E-state index in [1.165, 1.54) is 16.7 Å². The number of primary amides is 1. The number of aryl methyl sites for hydroxylation is 2. The van der Waals surface area contributed by atoms with Crippen LogP contribution in [0.25, 0.3) is 0 Å². The van der Waals surface area contributed by atoms with Crippen LogP contribution in [0.2, 0.25) is 0 Å². The van der Waals surface area contributed by atoms with Gasteiger partial charge in [-0.25, -0.2) is 0 Å². The molecule has 0 aliphatic carbocycles. The Morgan fingerprint density at radius 3 is 2.39 bits per heavy atom. The van der Waals surface area contributed by atoms with Gasteiger partial charge < -0.3 is 10.5 Å². The molecule has 2 heterocycles. The molecule has 0 radical (unpaired) electrons. The Balaban J connectivity index is 1.64. The number of hydrogen-bond acceptors (Lipinski definition) is 4. The van der Waals surface area contributed by atoms with Gasteiger partial charge in [-0.05, 0) is 30.5 Å². The van der Waals surface area contributed by atoms with Crippen LogP contribution < -0.4 is 5.73 Å². The zero-order valence-electron chi connectivity index (χ0n) is 14.2. The van der Waals surface area contributed by atoms with Crippen molar-refractivity contribution in [1.29, 1.82) is 0 Å². The van der Waals surface area contributed by atoms with E-state index >= 15 is 0 Å². The quantitative estimate of drug-likeness (QED) is 0.902. The fourth-order valence-electron chi connectivity index (χ4n) is 3.81. The summed E-state index contributed by atoms with van der Waals surface area (Å²) in [7, 11) is 0. The topological polar surface area (TPSA) is 58.8 Å². The molecule has 1 amide bonds. The molecule has 3 rings (SSSR count). The minimum Gasteiger partial charge on any atom is -0.379 e. The molecule has 1 atom stereocenters. The Labute approximate surface area is 138 Å². The zero-order chi connectivity index (χ0) is 16.4. The molecular formula is C18H27N3O2. The van der Waals surface area contributed by atoms with Crippen molar-refractivity contribution < 1.29 is 9.53 Å². The summed E-state index contributed by atoms with van der Waals surface area (Å²) in [6.07, 6.45) is 0.721. The first kappa shape index (κ1) is 16.4. The first-order valence-electron chi connectivity index (χ1n) is 8.43. The van der Waals surface area contributed by atoms with Crippen molar-refractivity contribution in [2.24, 2.45) is 5.73 Å². The lowest BCUT2D eigenvalue weighted by atomic mass is 9.94. The molecule has 0 saturated carbocycles. The summed E-state index contributed by atoms with van der Waals surface area (Å²) < 4.78 is 5.47. The van der Waals surface area contributed by atoms with Gasteiger partial charge in [0.05, 0.1) is 6.61 Å². The Hall–Kier alpha value is -1.43. The van der Waals surface area contributed by atoms with E-state index in [-0.39, 0.29) is 5.91 Å². The number of benzene rings is 1. The van der Waals surface area contributed by atoms with Gasteiger partial charge >= 0.3 is 0 Å². The lowest BCUT2D eigenvalue weighted by Crippen LogP contribution is -2.63. The van der Waals surface area contributed by atoms with Crippen LogP contribution in [-0.4, -0.2) is 60.6 Å². The molecule has 1 aromatic rings. The van der Waals surface area contributed by atoms with Crippen molar-refractivity contribution in [1.82, 2.24) is 9.80 Å². The molecule has 0 bridgehead atoms. The van der Waals surface area contributed by atoms with E-state index in [4.69, 9.17) is 10.5 Å². The van der Waals surface area contributed by atoms with Gasteiger partial charge in [0.1, 0.15) is 5.54 Å². The summed E-state index contributed by atoms with van der Waals surface area (Å²) >= 11 is 0. The molecule has 0 aromatic heterocycles. The molecule has 2 fully saturated rings. The maximum Gasteiger partial charge on any atom is 0.240 e. The highest BCUT2D eigenvalue weighted by atomic mass is 16.5. The Kier molecular flexibility index (Phi) is 4.71. The minimum absolute atomic E-state index is 0.238. The summed E-state index contributed by atoms with van der Waals surface area (Å²) in [6, 6.07) is 6.47. The van der Waals surface area contributed by atoms with Gasteiger partial charge in [-0.1, -0.05) is 18.2 Å². The van der Waals surface area contributed by atoms with E-state index in [2.05, 4.69) is 41.8 Å². The summed E-state index contributed by atoms with van der Waals surface area (Å²) in [5, 5.41) is 0. The van der Waals surface area contributed by atoms with E-state index in [9.17, 15) is 4.79 Å². The average molecular weight is 317 g/mol. The molecule has 2 N–H and O–H groups in total. The van der Waals surface area contributed by atoms with Crippen LogP contribution in [-0.2, 0) is 16.1 Å². The van der Waals surface area contributed by atoms with Crippen molar-refractivity contribution >= 4 is 5.91 Å². The van der Waals surface area contributed by atoms with Crippen molar-refractivity contribution in [2.75, 3.05) is 39.4 Å². The summed E-state index contributed by atoms with van der Waals surface area (Å²) in [5.41, 5.74) is 9.24. The smallest absolute Gasteiger partial charge is 0.240 e. The third kappa shape index (κ3) is 3.13. The highest BCUT2D eigenvalue weighted by molar-refractivity contribution is 5.85. The first-order chi connectivity index (χ1) is 11.0. The predicted octanol–water partition coefficient (Wildman–Crippen LogP) is 1.07. The van der Waals surface area contributed by atoms with Gasteiger partial charge in [0.25, 0.3) is 0 Å². The number of nitrogens with zero attached hydrogens (tertiary/aromatic N) is 2. The van der Waals surface area contributed by atoms with Crippen molar-refractivity contribution in [3.63, 3.8) is 0 Å². The molecule has 5 heteroatoms. The molecule has 1 aromatic carbocycles. The summed E-state index contributed by atoms with van der Waals surface area (Å²) in [4.78, 5) is 16.7. The number of nitrogens with two attached hydrogens (primary N) is 1. The Bertz CT molecular complexity index is 553. The zero-order valence-corrected chi connectivity index (χ0v) is 14.2. The van der Waals surface area contributed by atoms with Crippen LogP contribution in [0.5, 0.6) is 0 Å². The standard InChI is InChI=1S/C18H27N3O2/c1-14-4-3-5-15(2)16(14)12-20-7-9-21(10-8-20)18(17(19)22)6-11-23-13-18/h3-5H,6-13H2,1-2H3,(H2,19,22). The fraction of sp³-hybridized carbons (Fsp3) is 0.611. The van der Waals surface area contributed by atoms with Crippen LogP contribution in [0.3, 0.4) is 0 Å². The average Bonchev–Trinajstić information content (AvgIpc) is 3.03. The van der Waals surface area contributed by atoms with Crippen LogP contribution >= 0.6 is 0 Å². The third-order valence-electron chi connectivity index (χ3n) is 5.46. The lowest BCUT2D eigenvalue weighted by Gasteiger charge is -2.43.